The van der Waals surface area contributed by atoms with Gasteiger partial charge in [-0.2, -0.15) is 5.06 Å². The monoisotopic (exact) mass is 543 g/mol. The highest BCUT2D eigenvalue weighted by Gasteiger charge is 2.40. The number of benzene rings is 2. The van der Waals surface area contributed by atoms with E-state index < -0.39 is 6.35 Å². The lowest BCUT2D eigenvalue weighted by molar-refractivity contribution is -0.0626. The molecule has 0 aromatic heterocycles. The molecular weight excluding hydrogens is 510 g/mol. The topological polar surface area (TPSA) is 80.3 Å². The highest BCUT2D eigenvalue weighted by molar-refractivity contribution is 6.34. The molecule has 0 spiro atoms. The summed E-state index contributed by atoms with van der Waals surface area (Å²) in [5.74, 6) is 1.67. The van der Waals surface area contributed by atoms with E-state index in [1.807, 2.05) is 36.4 Å². The lowest BCUT2D eigenvalue weighted by Crippen LogP contribution is -2.46. The number of halogens is 1. The average molecular weight is 544 g/mol. The number of aliphatic imine (C=N–C) groups is 1. The Balaban J connectivity index is 1.34. The van der Waals surface area contributed by atoms with Crippen LogP contribution in [0.3, 0.4) is 0 Å². The van der Waals surface area contributed by atoms with Crippen LogP contribution < -0.4 is 14.8 Å². The van der Waals surface area contributed by atoms with Crippen LogP contribution in [-0.4, -0.2) is 99.5 Å². The summed E-state index contributed by atoms with van der Waals surface area (Å²) in [5.41, 5.74) is 2.27. The standard InChI is InChI=1S/C27H34ClN5O5/c1-31-9-11-32(12-10-31)13-16-35-22-17-21-23(25(24(22)28)38-20-7-14-34-15-8-20)26(29-19-5-3-2-4-6-19)33-27(30-21)36-18-37-33/h2-6,17,20,27,30H,7-16,18H2,1H3. The number of ether oxygens (including phenoxy) is 4. The van der Waals surface area contributed by atoms with E-state index in [4.69, 9.17) is 40.4 Å². The van der Waals surface area contributed by atoms with Crippen molar-refractivity contribution in [1.82, 2.24) is 14.9 Å². The normalized spacial score (nSPS) is 23.7. The zero-order valence-electron chi connectivity index (χ0n) is 21.6. The summed E-state index contributed by atoms with van der Waals surface area (Å²) < 4.78 is 24.2. The highest BCUT2D eigenvalue weighted by Crippen LogP contribution is 2.46. The third-order valence-electron chi connectivity index (χ3n) is 7.23. The number of nitrogens with one attached hydrogen (secondary N) is 1. The van der Waals surface area contributed by atoms with Gasteiger partial charge in [0.05, 0.1) is 30.2 Å². The highest BCUT2D eigenvalue weighted by atomic mass is 35.5. The van der Waals surface area contributed by atoms with Gasteiger partial charge in [0.25, 0.3) is 0 Å². The second-order valence-electron chi connectivity index (χ2n) is 9.87. The van der Waals surface area contributed by atoms with E-state index in [1.54, 1.807) is 5.06 Å². The molecule has 10 nitrogen and oxygen atoms in total. The van der Waals surface area contributed by atoms with Crippen LogP contribution in [0.25, 0.3) is 0 Å². The number of para-hydroxylation sites is 1. The molecule has 0 amide bonds. The third-order valence-corrected chi connectivity index (χ3v) is 7.59. The number of likely N-dealkylation sites (N-methyl/N-ethyl adjacent to an activating group) is 1. The van der Waals surface area contributed by atoms with Gasteiger partial charge in [-0.15, -0.1) is 0 Å². The SMILES string of the molecule is CN1CCN(CCOc2cc3c(c(OC4CCOCC4)c2Cl)C(=Nc2ccccc2)N2OCOC2N3)CC1. The molecule has 2 aromatic carbocycles. The molecule has 1 N–H and O–H groups in total. The fourth-order valence-electron chi connectivity index (χ4n) is 5.01. The van der Waals surface area contributed by atoms with Crippen LogP contribution in [0.1, 0.15) is 18.4 Å². The summed E-state index contributed by atoms with van der Waals surface area (Å²) in [5, 5.41) is 5.46. The predicted octanol–water partition coefficient (Wildman–Crippen LogP) is 3.53. The van der Waals surface area contributed by atoms with Crippen molar-refractivity contribution in [3.05, 3.63) is 47.0 Å². The molecule has 11 heteroatoms. The molecule has 0 aliphatic carbocycles. The van der Waals surface area contributed by atoms with Gasteiger partial charge >= 0.3 is 0 Å². The minimum absolute atomic E-state index is 0.0302. The molecule has 0 bridgehead atoms. The van der Waals surface area contributed by atoms with Gasteiger partial charge in [-0.3, -0.25) is 4.90 Å². The van der Waals surface area contributed by atoms with Gasteiger partial charge in [0.15, 0.2) is 18.4 Å². The second-order valence-corrected chi connectivity index (χ2v) is 10.2. The second kappa shape index (κ2) is 11.6. The van der Waals surface area contributed by atoms with Crippen molar-refractivity contribution < 1.29 is 23.8 Å². The van der Waals surface area contributed by atoms with Crippen LogP contribution in [0.2, 0.25) is 5.02 Å². The van der Waals surface area contributed by atoms with E-state index in [0.29, 0.717) is 42.2 Å². The fourth-order valence-corrected chi connectivity index (χ4v) is 5.26. The van der Waals surface area contributed by atoms with Crippen LogP contribution in [0.4, 0.5) is 11.4 Å². The molecule has 0 radical (unpaired) electrons. The molecule has 4 aliphatic rings. The first-order valence-electron chi connectivity index (χ1n) is 13.2. The molecular formula is C27H34ClN5O5. The Morgan fingerprint density at radius 1 is 1.11 bits per heavy atom. The Kier molecular flexibility index (Phi) is 7.87. The number of hydroxylamine groups is 2. The molecule has 38 heavy (non-hydrogen) atoms. The quantitative estimate of drug-likeness (QED) is 0.564. The van der Waals surface area contributed by atoms with Gasteiger partial charge in [-0.25, -0.2) is 9.83 Å². The van der Waals surface area contributed by atoms with E-state index in [2.05, 4.69) is 22.2 Å². The Bertz CT molecular complexity index is 1140. The van der Waals surface area contributed by atoms with E-state index in [-0.39, 0.29) is 12.9 Å². The van der Waals surface area contributed by atoms with Crippen molar-refractivity contribution in [2.24, 2.45) is 4.99 Å². The zero-order chi connectivity index (χ0) is 25.9. The maximum Gasteiger partial charge on any atom is 0.235 e. The summed E-state index contributed by atoms with van der Waals surface area (Å²) in [6.45, 7) is 6.97. The molecule has 204 valence electrons. The van der Waals surface area contributed by atoms with Crippen LogP contribution in [0.5, 0.6) is 11.5 Å². The Labute approximate surface area is 227 Å². The van der Waals surface area contributed by atoms with Crippen molar-refractivity contribution in [3.8, 4) is 11.5 Å². The van der Waals surface area contributed by atoms with Crippen LogP contribution >= 0.6 is 11.6 Å². The molecule has 6 rings (SSSR count). The van der Waals surface area contributed by atoms with Crippen LogP contribution in [0.15, 0.2) is 41.4 Å². The van der Waals surface area contributed by atoms with Gasteiger partial charge < -0.3 is 29.2 Å². The summed E-state index contributed by atoms with van der Waals surface area (Å²) >= 11 is 7.04. The summed E-state index contributed by atoms with van der Waals surface area (Å²) in [7, 11) is 2.16. The zero-order valence-corrected chi connectivity index (χ0v) is 22.4. The largest absolute Gasteiger partial charge is 0.490 e. The minimum Gasteiger partial charge on any atom is -0.490 e. The van der Waals surface area contributed by atoms with Gasteiger partial charge in [-0.05, 0) is 19.2 Å². The molecule has 2 aromatic rings. The number of hydrogen-bond acceptors (Lipinski definition) is 9. The summed E-state index contributed by atoms with van der Waals surface area (Å²) in [6.07, 6.45) is 1.01. The first-order valence-corrected chi connectivity index (χ1v) is 13.6. The number of nitrogens with zero attached hydrogens (tertiary/aromatic N) is 4. The number of anilines is 1. The van der Waals surface area contributed by atoms with Crippen molar-refractivity contribution in [1.29, 1.82) is 0 Å². The predicted molar refractivity (Wildman–Crippen MR) is 144 cm³/mol. The Hall–Kier alpha value is -2.60. The number of piperazine rings is 1. The molecule has 1 unspecified atom stereocenters. The van der Waals surface area contributed by atoms with Crippen molar-refractivity contribution in [2.75, 3.05) is 71.7 Å². The minimum atomic E-state index is -0.528. The van der Waals surface area contributed by atoms with E-state index in [1.165, 1.54) is 0 Å². The summed E-state index contributed by atoms with van der Waals surface area (Å²) in [6, 6.07) is 11.7. The lowest BCUT2D eigenvalue weighted by Gasteiger charge is -2.35. The van der Waals surface area contributed by atoms with E-state index >= 15 is 0 Å². The molecule has 4 aliphatic heterocycles. The van der Waals surface area contributed by atoms with E-state index in [0.717, 1.165) is 62.5 Å². The molecule has 1 atom stereocenters. The molecule has 0 saturated carbocycles. The van der Waals surface area contributed by atoms with Gasteiger partial charge in [-0.1, -0.05) is 29.8 Å². The van der Waals surface area contributed by atoms with Crippen molar-refractivity contribution in [3.63, 3.8) is 0 Å². The van der Waals surface area contributed by atoms with Crippen molar-refractivity contribution >= 4 is 28.8 Å². The van der Waals surface area contributed by atoms with Crippen LogP contribution in [0, 0.1) is 0 Å². The van der Waals surface area contributed by atoms with Gasteiger partial charge in [0, 0.05) is 51.6 Å². The third kappa shape index (κ3) is 5.56. The molecule has 3 saturated heterocycles. The molecule has 4 heterocycles. The fraction of sp³-hybridized carbons (Fsp3) is 0.519. The van der Waals surface area contributed by atoms with E-state index in [9.17, 15) is 0 Å². The van der Waals surface area contributed by atoms with Gasteiger partial charge in [0.1, 0.15) is 23.5 Å². The number of hydrogen-bond donors (Lipinski definition) is 1. The Morgan fingerprint density at radius 3 is 2.68 bits per heavy atom. The Morgan fingerprint density at radius 2 is 1.89 bits per heavy atom. The lowest BCUT2D eigenvalue weighted by atomic mass is 10.1. The first kappa shape index (κ1) is 25.7. The molecule has 3 fully saturated rings. The summed E-state index contributed by atoms with van der Waals surface area (Å²) in [4.78, 5) is 15.5. The first-order chi connectivity index (χ1) is 18.7. The number of fused-ring (bicyclic) bond motifs is 2. The smallest absolute Gasteiger partial charge is 0.235 e. The maximum atomic E-state index is 7.04. The maximum absolute atomic E-state index is 7.04. The van der Waals surface area contributed by atoms with Crippen LogP contribution in [-0.2, 0) is 14.3 Å². The number of rotatable bonds is 7. The average Bonchev–Trinajstić information content (AvgIpc) is 3.42. The van der Waals surface area contributed by atoms with Gasteiger partial charge in [0.2, 0.25) is 6.35 Å². The number of amidine groups is 1. The van der Waals surface area contributed by atoms with Crippen molar-refractivity contribution in [2.45, 2.75) is 25.3 Å².